The fourth-order valence-electron chi connectivity index (χ4n) is 6.68. The number of fused-ring (bicyclic) bond motifs is 1. The number of anilines is 1. The number of carbonyl (C=O) groups is 2. The van der Waals surface area contributed by atoms with E-state index in [9.17, 15) is 19.2 Å². The minimum Gasteiger partial charge on any atom is -0.449 e. The molecule has 9 heteroatoms. The number of likely N-dealkylation sites (tertiary alicyclic amines) is 1. The highest BCUT2D eigenvalue weighted by Crippen LogP contribution is 2.63. The van der Waals surface area contributed by atoms with Gasteiger partial charge in [0.2, 0.25) is 0 Å². The van der Waals surface area contributed by atoms with Gasteiger partial charge < -0.3 is 19.9 Å². The normalized spacial score (nSPS) is 23.7. The molecule has 3 fully saturated rings. The Labute approximate surface area is 246 Å². The van der Waals surface area contributed by atoms with Crippen molar-refractivity contribution >= 4 is 29.4 Å². The van der Waals surface area contributed by atoms with E-state index >= 15 is 0 Å². The monoisotopic (exact) mass is 580 g/mol. The van der Waals surface area contributed by atoms with Crippen molar-refractivity contribution in [2.45, 2.75) is 69.7 Å². The number of nitrogens with one attached hydrogen (secondary N) is 1. The van der Waals surface area contributed by atoms with Gasteiger partial charge in [0, 0.05) is 31.4 Å². The number of piperidine rings is 1. The average molecular weight is 581 g/mol. The molecule has 41 heavy (non-hydrogen) atoms. The molecule has 2 saturated carbocycles. The molecule has 5 rings (SSSR count). The lowest BCUT2D eigenvalue weighted by molar-refractivity contribution is 0.0783. The van der Waals surface area contributed by atoms with Gasteiger partial charge in [0.15, 0.2) is 0 Å². The van der Waals surface area contributed by atoms with E-state index < -0.39 is 5.82 Å². The number of nitriles is 1. The third-order valence-electron chi connectivity index (χ3n) is 9.20. The molecule has 218 valence electrons. The fourth-order valence-corrected chi connectivity index (χ4v) is 6.86. The zero-order chi connectivity index (χ0) is 29.0. The predicted octanol–water partition coefficient (Wildman–Crippen LogP) is 7.34. The van der Waals surface area contributed by atoms with Crippen LogP contribution in [0.2, 0.25) is 5.02 Å². The molecule has 3 aliphatic rings. The van der Waals surface area contributed by atoms with Gasteiger partial charge in [-0.05, 0) is 98.1 Å². The van der Waals surface area contributed by atoms with Gasteiger partial charge in [-0.15, -0.1) is 0 Å². The highest BCUT2D eigenvalue weighted by Gasteiger charge is 2.58. The van der Waals surface area contributed by atoms with E-state index in [0.29, 0.717) is 43.4 Å². The van der Waals surface area contributed by atoms with Crippen LogP contribution in [0, 0.1) is 29.0 Å². The highest BCUT2D eigenvalue weighted by molar-refractivity contribution is 6.31. The summed E-state index contributed by atoms with van der Waals surface area (Å²) in [6, 6.07) is 14.3. The minimum absolute atomic E-state index is 0.0347. The first-order valence-electron chi connectivity index (χ1n) is 14.8. The summed E-state index contributed by atoms with van der Waals surface area (Å²) in [5.41, 5.74) is 2.47. The Morgan fingerprint density at radius 1 is 1.22 bits per heavy atom. The first-order valence-corrected chi connectivity index (χ1v) is 15.2. The molecule has 1 saturated heterocycles. The van der Waals surface area contributed by atoms with Gasteiger partial charge in [-0.25, -0.2) is 14.0 Å². The summed E-state index contributed by atoms with van der Waals surface area (Å²) in [6.45, 7) is 4.33. The minimum atomic E-state index is -0.528. The van der Waals surface area contributed by atoms with Crippen molar-refractivity contribution in [2.75, 3.05) is 31.6 Å². The fraction of sp³-hybridized carbons (Fsp3) is 0.531. The highest BCUT2D eigenvalue weighted by atomic mass is 35.5. The molecule has 1 N–H and O–H groups in total. The predicted molar refractivity (Wildman–Crippen MR) is 156 cm³/mol. The summed E-state index contributed by atoms with van der Waals surface area (Å²) in [7, 11) is 0. The van der Waals surface area contributed by atoms with Gasteiger partial charge in [0.05, 0.1) is 23.3 Å². The van der Waals surface area contributed by atoms with Crippen molar-refractivity contribution in [3.05, 3.63) is 64.4 Å². The summed E-state index contributed by atoms with van der Waals surface area (Å²) in [5.74, 6) is 0.195. The van der Waals surface area contributed by atoms with Crippen LogP contribution in [-0.4, -0.2) is 54.2 Å². The van der Waals surface area contributed by atoms with E-state index in [0.717, 1.165) is 51.4 Å². The third-order valence-corrected chi connectivity index (χ3v) is 9.49. The van der Waals surface area contributed by atoms with E-state index in [1.54, 1.807) is 4.90 Å². The lowest BCUT2D eigenvalue weighted by atomic mass is 9.79. The van der Waals surface area contributed by atoms with Crippen molar-refractivity contribution in [3.8, 4) is 6.07 Å². The van der Waals surface area contributed by atoms with Crippen molar-refractivity contribution in [1.29, 1.82) is 5.26 Å². The quantitative estimate of drug-likeness (QED) is 0.331. The number of benzene rings is 2. The molecule has 0 radical (unpaired) electrons. The second-order valence-corrected chi connectivity index (χ2v) is 12.2. The number of rotatable bonds is 8. The van der Waals surface area contributed by atoms with Gasteiger partial charge in [-0.1, -0.05) is 37.1 Å². The summed E-state index contributed by atoms with van der Waals surface area (Å²) in [5, 5.41) is 12.3. The van der Waals surface area contributed by atoms with Crippen LogP contribution in [0.25, 0.3) is 0 Å². The van der Waals surface area contributed by atoms with Gasteiger partial charge in [-0.3, -0.25) is 0 Å². The molecule has 0 bridgehead atoms. The van der Waals surface area contributed by atoms with E-state index in [1.807, 2.05) is 23.1 Å². The smallest absolute Gasteiger partial charge is 0.409 e. The summed E-state index contributed by atoms with van der Waals surface area (Å²) >= 11 is 5.98. The Morgan fingerprint density at radius 2 is 2.02 bits per heavy atom. The maximum atomic E-state index is 13.7. The van der Waals surface area contributed by atoms with Crippen LogP contribution in [0.5, 0.6) is 0 Å². The molecule has 2 aromatic carbocycles. The number of hydrogen-bond acceptors (Lipinski definition) is 4. The van der Waals surface area contributed by atoms with E-state index in [2.05, 4.69) is 24.4 Å². The Kier molecular flexibility index (Phi) is 9.03. The number of hydrogen-bond donors (Lipinski definition) is 1. The molecule has 2 aromatic rings. The van der Waals surface area contributed by atoms with Gasteiger partial charge in [0.25, 0.3) is 0 Å². The summed E-state index contributed by atoms with van der Waals surface area (Å²) < 4.78 is 19.1. The Bertz CT molecular complexity index is 1310. The van der Waals surface area contributed by atoms with Crippen LogP contribution in [0.15, 0.2) is 42.5 Å². The lowest BCUT2D eigenvalue weighted by Crippen LogP contribution is -2.49. The van der Waals surface area contributed by atoms with Gasteiger partial charge >= 0.3 is 12.1 Å². The third kappa shape index (κ3) is 6.62. The molecule has 3 atom stereocenters. The summed E-state index contributed by atoms with van der Waals surface area (Å²) in [4.78, 5) is 29.9. The first-order chi connectivity index (χ1) is 19.8. The SMILES string of the molecule is CCCCOC(=O)N1CCC(CN(C(=O)Nc2ccc(F)c(Cl)c2)[C@H]2CC[C@]3(c4cccc(C#N)c4)C[C@H]3C2)CC1. The largest absolute Gasteiger partial charge is 0.449 e. The van der Waals surface area contributed by atoms with Crippen LogP contribution in [0.4, 0.5) is 19.7 Å². The van der Waals surface area contributed by atoms with Crippen LogP contribution >= 0.6 is 11.6 Å². The second kappa shape index (κ2) is 12.7. The Hall–Kier alpha value is -3.31. The second-order valence-electron chi connectivity index (χ2n) is 11.8. The van der Waals surface area contributed by atoms with Crippen molar-refractivity contribution < 1.29 is 18.7 Å². The zero-order valence-corrected chi connectivity index (χ0v) is 24.3. The molecule has 3 amide bonds. The molecule has 0 spiro atoms. The number of nitrogens with zero attached hydrogens (tertiary/aromatic N) is 3. The van der Waals surface area contributed by atoms with Crippen LogP contribution in [0.1, 0.15) is 69.4 Å². The van der Waals surface area contributed by atoms with Crippen LogP contribution in [0.3, 0.4) is 0 Å². The first kappa shape index (κ1) is 29.2. The molecule has 0 aromatic heterocycles. The molecule has 0 unspecified atom stereocenters. The molecule has 7 nitrogen and oxygen atoms in total. The molecule has 1 aliphatic heterocycles. The van der Waals surface area contributed by atoms with Crippen molar-refractivity contribution in [1.82, 2.24) is 9.80 Å². The number of unbranched alkanes of at least 4 members (excludes halogenated alkanes) is 1. The average Bonchev–Trinajstić information content (AvgIpc) is 3.73. The van der Waals surface area contributed by atoms with Gasteiger partial charge in [0.1, 0.15) is 5.82 Å². The molecular weight excluding hydrogens is 543 g/mol. The summed E-state index contributed by atoms with van der Waals surface area (Å²) in [6.07, 6.45) is 6.99. The topological polar surface area (TPSA) is 85.7 Å². The standard InChI is InChI=1S/C32H38ClFN4O3/c1-2-3-15-41-31(40)37-13-10-22(11-14-37)21-38(30(39)36-26-7-8-29(34)28(33)18-26)27-9-12-32(19-25(32)17-27)24-6-4-5-23(16-24)20-35/h4-8,16,18,22,25,27H,2-3,9-15,17,19,21H2,1H3,(H,36,39)/t25-,27+,32-/m1/s1. The lowest BCUT2D eigenvalue weighted by Gasteiger charge is -2.40. The Balaban J connectivity index is 1.26. The van der Waals surface area contributed by atoms with E-state index in [4.69, 9.17) is 16.3 Å². The number of ether oxygens (including phenoxy) is 1. The molecule has 1 heterocycles. The Morgan fingerprint density at radius 3 is 2.73 bits per heavy atom. The molecular formula is C32H38ClFN4O3. The maximum absolute atomic E-state index is 13.7. The van der Waals surface area contributed by atoms with Crippen molar-refractivity contribution in [2.24, 2.45) is 11.8 Å². The number of amides is 3. The van der Waals surface area contributed by atoms with Crippen molar-refractivity contribution in [3.63, 3.8) is 0 Å². The maximum Gasteiger partial charge on any atom is 0.409 e. The van der Waals surface area contributed by atoms with E-state index in [-0.39, 0.29) is 34.5 Å². The number of urea groups is 1. The van der Waals surface area contributed by atoms with Crippen LogP contribution in [-0.2, 0) is 10.2 Å². The number of halogens is 2. The number of carbonyl (C=O) groups excluding carboxylic acids is 2. The van der Waals surface area contributed by atoms with Crippen LogP contribution < -0.4 is 5.32 Å². The zero-order valence-electron chi connectivity index (χ0n) is 23.6. The van der Waals surface area contributed by atoms with E-state index in [1.165, 1.54) is 23.8 Å². The molecule has 2 aliphatic carbocycles. The van der Waals surface area contributed by atoms with Gasteiger partial charge in [-0.2, -0.15) is 5.26 Å².